The van der Waals surface area contributed by atoms with Crippen molar-refractivity contribution < 1.29 is 14.7 Å². The highest BCUT2D eigenvalue weighted by molar-refractivity contribution is 5.87. The Morgan fingerprint density at radius 3 is 2.25 bits per heavy atom. The molecule has 0 bridgehead atoms. The van der Waals surface area contributed by atoms with Crippen molar-refractivity contribution in [2.45, 2.75) is 25.8 Å². The van der Waals surface area contributed by atoms with E-state index < -0.39 is 11.5 Å². The Balaban J connectivity index is 3.23. The van der Waals surface area contributed by atoms with Crippen molar-refractivity contribution in [3.8, 4) is 0 Å². The van der Waals surface area contributed by atoms with Gasteiger partial charge < -0.3 is 10.4 Å². The van der Waals surface area contributed by atoms with Gasteiger partial charge in [0.2, 0.25) is 5.91 Å². The van der Waals surface area contributed by atoms with Crippen LogP contribution in [0.4, 0.5) is 0 Å². The summed E-state index contributed by atoms with van der Waals surface area (Å²) in [5.41, 5.74) is -0.743. The van der Waals surface area contributed by atoms with Gasteiger partial charge in [-0.05, 0) is 12.0 Å². The van der Waals surface area contributed by atoms with Crippen LogP contribution in [0.5, 0.6) is 0 Å². The molecule has 0 radical (unpaired) electrons. The van der Waals surface area contributed by atoms with Gasteiger partial charge in [-0.2, -0.15) is 0 Å². The van der Waals surface area contributed by atoms with E-state index in [0.29, 0.717) is 12.0 Å². The van der Waals surface area contributed by atoms with Crippen LogP contribution < -0.4 is 5.32 Å². The van der Waals surface area contributed by atoms with Gasteiger partial charge in [-0.25, -0.2) is 4.79 Å². The van der Waals surface area contributed by atoms with Crippen molar-refractivity contribution in [2.75, 3.05) is 0 Å². The Morgan fingerprint density at radius 2 is 1.88 bits per heavy atom. The molecular formula is C12H15NO3. The molecule has 1 aromatic rings. The van der Waals surface area contributed by atoms with E-state index in [4.69, 9.17) is 0 Å². The van der Waals surface area contributed by atoms with E-state index in [1.165, 1.54) is 6.92 Å². The number of benzene rings is 1. The predicted octanol–water partition coefficient (Wildman–Crippen LogP) is 1.51. The van der Waals surface area contributed by atoms with Gasteiger partial charge in [0.25, 0.3) is 0 Å². The summed E-state index contributed by atoms with van der Waals surface area (Å²) < 4.78 is 0. The second-order valence-electron chi connectivity index (χ2n) is 3.61. The van der Waals surface area contributed by atoms with Crippen LogP contribution in [-0.4, -0.2) is 17.0 Å². The SMILES string of the molecule is CC[C@@](NC(C)=O)(C(=O)O)c1ccccc1. The topological polar surface area (TPSA) is 66.4 Å². The van der Waals surface area contributed by atoms with Crippen LogP contribution in [-0.2, 0) is 15.1 Å². The van der Waals surface area contributed by atoms with Gasteiger partial charge in [0, 0.05) is 6.92 Å². The molecule has 4 heteroatoms. The highest BCUT2D eigenvalue weighted by Gasteiger charge is 2.39. The average Bonchev–Trinajstić information content (AvgIpc) is 2.26. The number of amides is 1. The molecule has 0 fully saturated rings. The number of carbonyl (C=O) groups is 2. The molecule has 0 saturated heterocycles. The number of carboxylic acid groups (broad SMARTS) is 1. The highest BCUT2D eigenvalue weighted by atomic mass is 16.4. The van der Waals surface area contributed by atoms with Crippen LogP contribution in [0.15, 0.2) is 30.3 Å². The lowest BCUT2D eigenvalue weighted by molar-refractivity contribution is -0.148. The minimum Gasteiger partial charge on any atom is -0.479 e. The van der Waals surface area contributed by atoms with E-state index in [0.717, 1.165) is 0 Å². The van der Waals surface area contributed by atoms with Gasteiger partial charge >= 0.3 is 5.97 Å². The number of rotatable bonds is 4. The number of nitrogens with one attached hydrogen (secondary N) is 1. The highest BCUT2D eigenvalue weighted by Crippen LogP contribution is 2.25. The molecule has 86 valence electrons. The van der Waals surface area contributed by atoms with E-state index >= 15 is 0 Å². The van der Waals surface area contributed by atoms with Crippen molar-refractivity contribution in [3.63, 3.8) is 0 Å². The fourth-order valence-electron chi connectivity index (χ4n) is 1.72. The monoisotopic (exact) mass is 221 g/mol. The lowest BCUT2D eigenvalue weighted by Crippen LogP contribution is -2.50. The van der Waals surface area contributed by atoms with E-state index in [1.807, 2.05) is 0 Å². The normalized spacial score (nSPS) is 13.9. The van der Waals surface area contributed by atoms with Crippen molar-refractivity contribution in [1.29, 1.82) is 0 Å². The van der Waals surface area contributed by atoms with Crippen LogP contribution in [0.1, 0.15) is 25.8 Å². The summed E-state index contributed by atoms with van der Waals surface area (Å²) in [6.45, 7) is 3.05. The molecule has 1 atom stereocenters. The number of aliphatic carboxylic acids is 1. The summed E-state index contributed by atoms with van der Waals surface area (Å²) in [7, 11) is 0. The first-order valence-electron chi connectivity index (χ1n) is 5.10. The van der Waals surface area contributed by atoms with Crippen molar-refractivity contribution in [3.05, 3.63) is 35.9 Å². The first kappa shape index (κ1) is 12.2. The van der Waals surface area contributed by atoms with Gasteiger partial charge in [-0.1, -0.05) is 37.3 Å². The summed E-state index contributed by atoms with van der Waals surface area (Å²) in [5.74, 6) is -1.40. The first-order chi connectivity index (χ1) is 7.53. The molecule has 1 aromatic carbocycles. The van der Waals surface area contributed by atoms with Crippen LogP contribution in [0.25, 0.3) is 0 Å². The molecule has 1 amide bonds. The van der Waals surface area contributed by atoms with E-state index in [1.54, 1.807) is 37.3 Å². The summed E-state index contributed by atoms with van der Waals surface area (Å²) >= 11 is 0. The van der Waals surface area contributed by atoms with Crippen molar-refractivity contribution >= 4 is 11.9 Å². The van der Waals surface area contributed by atoms with E-state index in [-0.39, 0.29) is 5.91 Å². The smallest absolute Gasteiger partial charge is 0.334 e. The summed E-state index contributed by atoms with van der Waals surface area (Å²) in [6, 6.07) is 8.72. The molecule has 0 heterocycles. The number of carboxylic acids is 1. The molecule has 0 spiro atoms. The quantitative estimate of drug-likeness (QED) is 0.810. The second kappa shape index (κ2) is 4.79. The van der Waals surface area contributed by atoms with Crippen molar-refractivity contribution in [2.24, 2.45) is 0 Å². The molecule has 0 aliphatic rings. The Kier molecular flexibility index (Phi) is 3.66. The third kappa shape index (κ3) is 2.21. The van der Waals surface area contributed by atoms with Gasteiger partial charge in [-0.3, -0.25) is 4.79 Å². The average molecular weight is 221 g/mol. The maximum Gasteiger partial charge on any atom is 0.334 e. The zero-order valence-electron chi connectivity index (χ0n) is 9.36. The maximum absolute atomic E-state index is 11.4. The Labute approximate surface area is 94.3 Å². The molecule has 2 N–H and O–H groups in total. The fraction of sp³-hybridized carbons (Fsp3) is 0.333. The maximum atomic E-state index is 11.4. The molecule has 0 saturated carbocycles. The van der Waals surface area contributed by atoms with Crippen molar-refractivity contribution in [1.82, 2.24) is 5.32 Å². The molecule has 1 rings (SSSR count). The lowest BCUT2D eigenvalue weighted by Gasteiger charge is -2.29. The molecule has 0 aromatic heterocycles. The summed E-state index contributed by atoms with van der Waals surface area (Å²) in [5, 5.41) is 11.8. The standard InChI is InChI=1S/C12H15NO3/c1-3-12(11(15)16,13-9(2)14)10-7-5-4-6-8-10/h4-8H,3H2,1-2H3,(H,13,14)(H,15,16)/t12-/m0/s1. The number of hydrogen-bond donors (Lipinski definition) is 2. The van der Waals surface area contributed by atoms with E-state index in [2.05, 4.69) is 5.32 Å². The van der Waals surface area contributed by atoms with E-state index in [9.17, 15) is 14.7 Å². The Bertz CT molecular complexity index is 389. The minimum atomic E-state index is -1.33. The second-order valence-corrected chi connectivity index (χ2v) is 3.61. The summed E-state index contributed by atoms with van der Waals surface area (Å²) in [6.07, 6.45) is 0.298. The lowest BCUT2D eigenvalue weighted by atomic mass is 9.87. The summed E-state index contributed by atoms with van der Waals surface area (Å²) in [4.78, 5) is 22.5. The minimum absolute atomic E-state index is 0.298. The predicted molar refractivity (Wildman–Crippen MR) is 59.9 cm³/mol. The number of carbonyl (C=O) groups excluding carboxylic acids is 1. The van der Waals surface area contributed by atoms with Crippen LogP contribution >= 0.6 is 0 Å². The molecular weight excluding hydrogens is 206 g/mol. The third-order valence-corrected chi connectivity index (χ3v) is 2.55. The van der Waals surface area contributed by atoms with Gasteiger partial charge in [0.05, 0.1) is 0 Å². The third-order valence-electron chi connectivity index (χ3n) is 2.55. The van der Waals surface area contributed by atoms with Crippen LogP contribution in [0.3, 0.4) is 0 Å². The Hall–Kier alpha value is -1.84. The molecule has 0 aliphatic heterocycles. The van der Waals surface area contributed by atoms with Crippen LogP contribution in [0.2, 0.25) is 0 Å². The Morgan fingerprint density at radius 1 is 1.31 bits per heavy atom. The van der Waals surface area contributed by atoms with Gasteiger partial charge in [0.1, 0.15) is 0 Å². The molecule has 0 aliphatic carbocycles. The zero-order chi connectivity index (χ0) is 12.2. The number of hydrogen-bond acceptors (Lipinski definition) is 2. The first-order valence-corrected chi connectivity index (χ1v) is 5.10. The molecule has 4 nitrogen and oxygen atoms in total. The van der Waals surface area contributed by atoms with Crippen LogP contribution in [0, 0.1) is 0 Å². The van der Waals surface area contributed by atoms with Gasteiger partial charge in [0.15, 0.2) is 5.54 Å². The largest absolute Gasteiger partial charge is 0.479 e. The zero-order valence-corrected chi connectivity index (χ0v) is 9.36. The fourth-order valence-corrected chi connectivity index (χ4v) is 1.72. The molecule has 0 unspecified atom stereocenters. The van der Waals surface area contributed by atoms with Gasteiger partial charge in [-0.15, -0.1) is 0 Å². The molecule has 16 heavy (non-hydrogen) atoms.